The van der Waals surface area contributed by atoms with Crippen LogP contribution in [0.4, 0.5) is 5.69 Å². The molecular formula is C22H22N4O4. The van der Waals surface area contributed by atoms with E-state index in [1.165, 1.54) is 6.07 Å². The molecule has 0 unspecified atom stereocenters. The number of benzene rings is 2. The van der Waals surface area contributed by atoms with Gasteiger partial charge >= 0.3 is 0 Å². The summed E-state index contributed by atoms with van der Waals surface area (Å²) in [5.41, 5.74) is 2.88. The number of likely N-dealkylation sites (tertiary alicyclic amines) is 1. The second kappa shape index (κ2) is 8.06. The van der Waals surface area contributed by atoms with E-state index in [1.54, 1.807) is 24.0 Å². The molecule has 0 spiro atoms. The molecule has 0 aliphatic carbocycles. The molecule has 30 heavy (non-hydrogen) atoms. The van der Waals surface area contributed by atoms with Crippen LogP contribution >= 0.6 is 0 Å². The minimum atomic E-state index is -0.459. The van der Waals surface area contributed by atoms with Crippen LogP contribution < -0.4 is 0 Å². The van der Waals surface area contributed by atoms with E-state index in [9.17, 15) is 14.9 Å². The van der Waals surface area contributed by atoms with E-state index in [0.717, 1.165) is 11.1 Å². The summed E-state index contributed by atoms with van der Waals surface area (Å²) < 4.78 is 5.49. The minimum Gasteiger partial charge on any atom is -0.339 e. The van der Waals surface area contributed by atoms with E-state index < -0.39 is 4.92 Å². The molecule has 8 heteroatoms. The third kappa shape index (κ3) is 3.94. The van der Waals surface area contributed by atoms with Crippen LogP contribution in [0.2, 0.25) is 0 Å². The Morgan fingerprint density at radius 3 is 2.63 bits per heavy atom. The van der Waals surface area contributed by atoms with Crippen molar-refractivity contribution >= 4 is 11.6 Å². The molecule has 8 nitrogen and oxygen atoms in total. The number of rotatable bonds is 4. The Morgan fingerprint density at radius 2 is 1.93 bits per heavy atom. The molecule has 154 valence electrons. The first-order valence-electron chi connectivity index (χ1n) is 9.87. The smallest absolute Gasteiger partial charge is 0.273 e. The third-order valence-electron chi connectivity index (χ3n) is 5.50. The second-order valence-electron chi connectivity index (χ2n) is 7.65. The lowest BCUT2D eigenvalue weighted by atomic mass is 9.96. The summed E-state index contributed by atoms with van der Waals surface area (Å²) in [6.07, 6.45) is 1.41. The van der Waals surface area contributed by atoms with E-state index in [1.807, 2.05) is 31.2 Å². The number of piperidine rings is 1. The molecule has 1 saturated heterocycles. The van der Waals surface area contributed by atoms with Gasteiger partial charge in [0.05, 0.1) is 4.92 Å². The van der Waals surface area contributed by atoms with Crippen LogP contribution in [-0.4, -0.2) is 39.0 Å². The molecule has 0 radical (unpaired) electrons. The lowest BCUT2D eigenvalue weighted by molar-refractivity contribution is -0.385. The number of amides is 1. The minimum absolute atomic E-state index is 0.0368. The van der Waals surface area contributed by atoms with Crippen LogP contribution in [0.3, 0.4) is 0 Å². The zero-order valence-electron chi connectivity index (χ0n) is 16.9. The summed E-state index contributed by atoms with van der Waals surface area (Å²) in [5, 5.41) is 15.3. The van der Waals surface area contributed by atoms with Crippen LogP contribution in [-0.2, 0) is 0 Å². The molecule has 1 aromatic heterocycles. The lowest BCUT2D eigenvalue weighted by Crippen LogP contribution is -2.38. The van der Waals surface area contributed by atoms with Crippen molar-refractivity contribution in [2.75, 3.05) is 13.1 Å². The van der Waals surface area contributed by atoms with Gasteiger partial charge in [0.15, 0.2) is 0 Å². The zero-order chi connectivity index (χ0) is 21.3. The van der Waals surface area contributed by atoms with Crippen molar-refractivity contribution < 1.29 is 14.2 Å². The Balaban J connectivity index is 1.42. The fraction of sp³-hybridized carbons (Fsp3) is 0.318. The maximum atomic E-state index is 12.8. The summed E-state index contributed by atoms with van der Waals surface area (Å²) in [6, 6.07) is 12.5. The molecule has 1 aliphatic heterocycles. The number of carbonyl (C=O) groups is 1. The summed E-state index contributed by atoms with van der Waals surface area (Å²) in [5.74, 6) is 1.05. The highest BCUT2D eigenvalue weighted by molar-refractivity contribution is 5.95. The highest BCUT2D eigenvalue weighted by Crippen LogP contribution is 2.30. The monoisotopic (exact) mass is 406 g/mol. The molecule has 0 N–H and O–H groups in total. The molecule has 1 fully saturated rings. The van der Waals surface area contributed by atoms with Crippen molar-refractivity contribution in [1.29, 1.82) is 0 Å². The van der Waals surface area contributed by atoms with E-state index in [2.05, 4.69) is 10.1 Å². The normalized spacial score (nSPS) is 14.7. The van der Waals surface area contributed by atoms with Crippen LogP contribution in [0.25, 0.3) is 11.4 Å². The van der Waals surface area contributed by atoms with Gasteiger partial charge in [0.25, 0.3) is 11.6 Å². The van der Waals surface area contributed by atoms with Gasteiger partial charge < -0.3 is 9.42 Å². The second-order valence-corrected chi connectivity index (χ2v) is 7.65. The fourth-order valence-corrected chi connectivity index (χ4v) is 3.75. The van der Waals surface area contributed by atoms with E-state index in [4.69, 9.17) is 4.52 Å². The Kier molecular flexibility index (Phi) is 5.31. The van der Waals surface area contributed by atoms with Gasteiger partial charge in [-0.05, 0) is 38.8 Å². The quantitative estimate of drug-likeness (QED) is 0.473. The number of aryl methyl sites for hydroxylation is 2. The van der Waals surface area contributed by atoms with Gasteiger partial charge in [-0.25, -0.2) is 0 Å². The molecule has 4 rings (SSSR count). The number of nitrogens with zero attached hydrogens (tertiary/aromatic N) is 4. The maximum absolute atomic E-state index is 12.8. The van der Waals surface area contributed by atoms with E-state index in [0.29, 0.717) is 48.8 Å². The van der Waals surface area contributed by atoms with Crippen molar-refractivity contribution in [3.63, 3.8) is 0 Å². The molecule has 2 heterocycles. The molecule has 2 aromatic carbocycles. The molecule has 1 aliphatic rings. The highest BCUT2D eigenvalue weighted by Gasteiger charge is 2.29. The van der Waals surface area contributed by atoms with E-state index >= 15 is 0 Å². The van der Waals surface area contributed by atoms with Gasteiger partial charge in [-0.15, -0.1) is 0 Å². The van der Waals surface area contributed by atoms with Crippen molar-refractivity contribution in [3.8, 4) is 11.4 Å². The van der Waals surface area contributed by atoms with E-state index in [-0.39, 0.29) is 17.5 Å². The lowest BCUT2D eigenvalue weighted by Gasteiger charge is -2.30. The van der Waals surface area contributed by atoms with Gasteiger partial charge in [0, 0.05) is 41.8 Å². The molecule has 0 saturated carbocycles. The number of aromatic nitrogens is 2. The maximum Gasteiger partial charge on any atom is 0.273 e. The van der Waals surface area contributed by atoms with Gasteiger partial charge in [-0.2, -0.15) is 4.98 Å². The van der Waals surface area contributed by atoms with Crippen LogP contribution in [0.1, 0.15) is 46.1 Å². The Hall–Kier alpha value is -3.55. The van der Waals surface area contributed by atoms with Crippen molar-refractivity contribution in [2.45, 2.75) is 32.6 Å². The van der Waals surface area contributed by atoms with Gasteiger partial charge in [-0.3, -0.25) is 14.9 Å². The molecule has 3 aromatic rings. The largest absolute Gasteiger partial charge is 0.339 e. The van der Waals surface area contributed by atoms with Crippen LogP contribution in [0, 0.1) is 24.0 Å². The Morgan fingerprint density at radius 1 is 1.17 bits per heavy atom. The van der Waals surface area contributed by atoms with Gasteiger partial charge in [0.2, 0.25) is 11.7 Å². The molecule has 1 amide bonds. The highest BCUT2D eigenvalue weighted by atomic mass is 16.6. The zero-order valence-corrected chi connectivity index (χ0v) is 16.9. The van der Waals surface area contributed by atoms with Crippen LogP contribution in [0.5, 0.6) is 0 Å². The van der Waals surface area contributed by atoms with Crippen molar-refractivity contribution in [3.05, 3.63) is 75.2 Å². The summed E-state index contributed by atoms with van der Waals surface area (Å²) in [7, 11) is 0. The number of nitro benzene ring substituents is 1. The first kappa shape index (κ1) is 19.8. The first-order chi connectivity index (χ1) is 14.4. The third-order valence-corrected chi connectivity index (χ3v) is 5.50. The molecular weight excluding hydrogens is 384 g/mol. The summed E-state index contributed by atoms with van der Waals surface area (Å²) in [4.78, 5) is 29.8. The number of nitro groups is 1. The molecule has 0 bridgehead atoms. The molecule has 0 atom stereocenters. The topological polar surface area (TPSA) is 102 Å². The number of hydrogen-bond acceptors (Lipinski definition) is 6. The Labute approximate surface area is 173 Å². The number of hydrogen-bond donors (Lipinski definition) is 0. The summed E-state index contributed by atoms with van der Waals surface area (Å²) >= 11 is 0. The Bertz CT molecular complexity index is 1100. The average Bonchev–Trinajstić information content (AvgIpc) is 3.24. The predicted octanol–water partition coefficient (Wildman–Crippen LogP) is 4.28. The van der Waals surface area contributed by atoms with Gasteiger partial charge in [-0.1, -0.05) is 35.0 Å². The van der Waals surface area contributed by atoms with Crippen molar-refractivity contribution in [1.82, 2.24) is 15.0 Å². The van der Waals surface area contributed by atoms with Crippen LogP contribution in [0.15, 0.2) is 47.0 Å². The predicted molar refractivity (Wildman–Crippen MR) is 110 cm³/mol. The van der Waals surface area contributed by atoms with Crippen molar-refractivity contribution in [2.24, 2.45) is 0 Å². The summed E-state index contributed by atoms with van der Waals surface area (Å²) in [6.45, 7) is 4.74. The standard InChI is InChI=1S/C22H22N4O4/c1-14-4-3-5-17(12-14)20-23-21(30-24-20)16-8-10-25(11-9-16)22(27)18-7-6-15(2)19(13-18)26(28)29/h3-7,12-13,16H,8-11H2,1-2H3. The van der Waals surface area contributed by atoms with Gasteiger partial charge in [0.1, 0.15) is 0 Å². The SMILES string of the molecule is Cc1cccc(-c2noc(C3CCN(C(=O)c4ccc(C)c([N+](=O)[O-])c4)CC3)n2)c1. The number of carbonyl (C=O) groups excluding carboxylic acids is 1. The first-order valence-corrected chi connectivity index (χ1v) is 9.87. The average molecular weight is 406 g/mol. The fourth-order valence-electron chi connectivity index (χ4n) is 3.75.